The Kier molecular flexibility index (Phi) is 4.01. The minimum Gasteiger partial charge on any atom is -0.204 e. The van der Waals surface area contributed by atoms with Gasteiger partial charge in [-0.1, -0.05) is 36.8 Å². The first-order valence-corrected chi connectivity index (χ1v) is 7.29. The molecule has 1 aliphatic rings. The molecule has 0 nitrogen and oxygen atoms in total. The first-order valence-electron chi connectivity index (χ1n) is 7.29. The molecule has 2 aromatic carbocycles. The Morgan fingerprint density at radius 3 is 2.05 bits per heavy atom. The van der Waals surface area contributed by atoms with E-state index in [0.29, 0.717) is 11.5 Å². The number of hydrogen-bond donors (Lipinski definition) is 0. The van der Waals surface area contributed by atoms with Crippen LogP contribution in [0.4, 0.5) is 8.78 Å². The molecular weight excluding hydrogens is 266 g/mol. The molecule has 3 rings (SSSR count). The Morgan fingerprint density at radius 1 is 0.762 bits per heavy atom. The monoisotopic (exact) mass is 282 g/mol. The minimum atomic E-state index is -0.863. The van der Waals surface area contributed by atoms with Crippen LogP contribution in [0.3, 0.4) is 0 Å². The molecule has 2 heteroatoms. The van der Waals surface area contributed by atoms with Gasteiger partial charge in [0, 0.05) is 11.1 Å². The quantitative estimate of drug-likeness (QED) is 0.644. The summed E-state index contributed by atoms with van der Waals surface area (Å²) in [6, 6.07) is 12.0. The fourth-order valence-electron chi connectivity index (χ4n) is 2.82. The van der Waals surface area contributed by atoms with Gasteiger partial charge in [-0.3, -0.25) is 0 Å². The van der Waals surface area contributed by atoms with Crippen LogP contribution in [0.2, 0.25) is 0 Å². The van der Waals surface area contributed by atoms with E-state index in [2.05, 4.69) is 24.0 Å². The lowest BCUT2D eigenvalue weighted by Crippen LogP contribution is -1.91. The van der Waals surface area contributed by atoms with Gasteiger partial charge in [0.1, 0.15) is 0 Å². The van der Waals surface area contributed by atoms with Crippen molar-refractivity contribution in [3.63, 3.8) is 0 Å². The molecule has 0 radical (unpaired) electrons. The van der Waals surface area contributed by atoms with Gasteiger partial charge in [-0.2, -0.15) is 0 Å². The first-order chi connectivity index (χ1) is 10.2. The van der Waals surface area contributed by atoms with E-state index >= 15 is 0 Å². The van der Waals surface area contributed by atoms with Crippen LogP contribution < -0.4 is 0 Å². The average Bonchev–Trinajstić information content (AvgIpc) is 3.03. The smallest absolute Gasteiger partial charge is 0.160 e. The van der Waals surface area contributed by atoms with Crippen LogP contribution in [0.1, 0.15) is 48.3 Å². The van der Waals surface area contributed by atoms with Gasteiger partial charge in [-0.15, -0.1) is 0 Å². The zero-order valence-electron chi connectivity index (χ0n) is 11.7. The highest BCUT2D eigenvalue weighted by Gasteiger charge is 2.16. The largest absolute Gasteiger partial charge is 0.204 e. The van der Waals surface area contributed by atoms with Gasteiger partial charge in [0.2, 0.25) is 0 Å². The zero-order valence-corrected chi connectivity index (χ0v) is 11.7. The maximum atomic E-state index is 13.1. The molecule has 1 aliphatic carbocycles. The van der Waals surface area contributed by atoms with Gasteiger partial charge in [0.25, 0.3) is 0 Å². The van der Waals surface area contributed by atoms with Crippen LogP contribution in [-0.2, 0) is 0 Å². The van der Waals surface area contributed by atoms with E-state index in [0.717, 1.165) is 17.7 Å². The molecule has 0 unspecified atom stereocenters. The van der Waals surface area contributed by atoms with E-state index in [1.807, 2.05) is 12.1 Å². The van der Waals surface area contributed by atoms with Crippen molar-refractivity contribution in [2.24, 2.45) is 0 Å². The maximum absolute atomic E-state index is 13.1. The lowest BCUT2D eigenvalue weighted by atomic mass is 9.97. The lowest BCUT2D eigenvalue weighted by molar-refractivity contribution is 0.508. The van der Waals surface area contributed by atoms with Gasteiger partial charge in [-0.25, -0.2) is 8.78 Å². The van der Waals surface area contributed by atoms with Gasteiger partial charge < -0.3 is 0 Å². The second kappa shape index (κ2) is 6.10. The summed E-state index contributed by atoms with van der Waals surface area (Å²) in [7, 11) is 0. The molecule has 21 heavy (non-hydrogen) atoms. The van der Waals surface area contributed by atoms with Crippen molar-refractivity contribution >= 4 is 0 Å². The SMILES string of the molecule is Fc1ccc(C#Cc2ccc(C3CCCC3)cc2)cc1F. The highest BCUT2D eigenvalue weighted by Crippen LogP contribution is 2.33. The van der Waals surface area contributed by atoms with Crippen LogP contribution in [0.5, 0.6) is 0 Å². The van der Waals surface area contributed by atoms with Crippen LogP contribution >= 0.6 is 0 Å². The van der Waals surface area contributed by atoms with E-state index in [1.165, 1.54) is 37.3 Å². The predicted octanol–water partition coefficient (Wildman–Crippen LogP) is 5.02. The standard InChI is InChI=1S/C19H16F2/c20-18-12-9-15(13-19(18)21)6-5-14-7-10-17(11-8-14)16-3-1-2-4-16/h7-13,16H,1-4H2. The molecule has 1 saturated carbocycles. The molecule has 0 spiro atoms. The van der Waals surface area contributed by atoms with Crippen molar-refractivity contribution < 1.29 is 8.78 Å². The van der Waals surface area contributed by atoms with Gasteiger partial charge in [0.15, 0.2) is 11.6 Å². The molecule has 0 heterocycles. The molecule has 0 saturated heterocycles. The molecule has 0 atom stereocenters. The molecule has 0 aromatic heterocycles. The summed E-state index contributed by atoms with van der Waals surface area (Å²) in [4.78, 5) is 0. The predicted molar refractivity (Wildman–Crippen MR) is 80.0 cm³/mol. The van der Waals surface area contributed by atoms with E-state index in [-0.39, 0.29) is 0 Å². The molecule has 0 N–H and O–H groups in total. The third-order valence-corrected chi connectivity index (χ3v) is 4.01. The first kappa shape index (κ1) is 13.8. The molecule has 2 aromatic rings. The summed E-state index contributed by atoms with van der Waals surface area (Å²) < 4.78 is 25.9. The van der Waals surface area contributed by atoms with Crippen molar-refractivity contribution in [1.82, 2.24) is 0 Å². The van der Waals surface area contributed by atoms with Crippen LogP contribution in [0.15, 0.2) is 42.5 Å². The number of rotatable bonds is 1. The summed E-state index contributed by atoms with van der Waals surface area (Å²) in [6.07, 6.45) is 5.20. The lowest BCUT2D eigenvalue weighted by Gasteiger charge is -2.08. The molecule has 0 amide bonds. The second-order valence-corrected chi connectivity index (χ2v) is 5.48. The fraction of sp³-hybridized carbons (Fsp3) is 0.263. The van der Waals surface area contributed by atoms with Gasteiger partial charge in [0.05, 0.1) is 0 Å². The highest BCUT2D eigenvalue weighted by atomic mass is 19.2. The zero-order chi connectivity index (χ0) is 14.7. The summed E-state index contributed by atoms with van der Waals surface area (Å²) in [5.41, 5.74) is 2.75. The topological polar surface area (TPSA) is 0 Å². The van der Waals surface area contributed by atoms with Gasteiger partial charge in [-0.05, 0) is 54.7 Å². The molecule has 0 bridgehead atoms. The molecular formula is C19H16F2. The Hall–Kier alpha value is -2.14. The normalized spacial score (nSPS) is 14.8. The van der Waals surface area contributed by atoms with Crippen molar-refractivity contribution in [2.45, 2.75) is 31.6 Å². The van der Waals surface area contributed by atoms with E-state index in [4.69, 9.17) is 0 Å². The Balaban J connectivity index is 1.76. The van der Waals surface area contributed by atoms with Gasteiger partial charge >= 0.3 is 0 Å². The van der Waals surface area contributed by atoms with Crippen molar-refractivity contribution in [1.29, 1.82) is 0 Å². The van der Waals surface area contributed by atoms with Crippen molar-refractivity contribution in [2.75, 3.05) is 0 Å². The number of halogens is 2. The summed E-state index contributed by atoms with van der Waals surface area (Å²) >= 11 is 0. The Labute approximate surface area is 123 Å². The summed E-state index contributed by atoms with van der Waals surface area (Å²) in [5, 5.41) is 0. The second-order valence-electron chi connectivity index (χ2n) is 5.48. The van der Waals surface area contributed by atoms with Crippen LogP contribution in [0, 0.1) is 23.5 Å². The molecule has 0 aliphatic heterocycles. The highest BCUT2D eigenvalue weighted by molar-refractivity contribution is 5.44. The van der Waals surface area contributed by atoms with E-state index in [9.17, 15) is 8.78 Å². The number of hydrogen-bond acceptors (Lipinski definition) is 0. The van der Waals surface area contributed by atoms with Crippen molar-refractivity contribution in [3.8, 4) is 11.8 Å². The fourth-order valence-corrected chi connectivity index (χ4v) is 2.82. The summed E-state index contributed by atoms with van der Waals surface area (Å²) in [6.45, 7) is 0. The summed E-state index contributed by atoms with van der Waals surface area (Å²) in [5.74, 6) is 4.83. The third-order valence-electron chi connectivity index (χ3n) is 4.01. The van der Waals surface area contributed by atoms with Crippen LogP contribution in [-0.4, -0.2) is 0 Å². The molecule has 1 fully saturated rings. The van der Waals surface area contributed by atoms with Crippen LogP contribution in [0.25, 0.3) is 0 Å². The minimum absolute atomic E-state index is 0.480. The van der Waals surface area contributed by atoms with E-state index < -0.39 is 11.6 Å². The maximum Gasteiger partial charge on any atom is 0.160 e. The average molecular weight is 282 g/mol. The van der Waals surface area contributed by atoms with Crippen molar-refractivity contribution in [3.05, 3.63) is 70.8 Å². The Bertz CT molecular complexity index is 684. The molecule has 106 valence electrons. The third kappa shape index (κ3) is 3.31. The van der Waals surface area contributed by atoms with E-state index in [1.54, 1.807) is 0 Å². The Morgan fingerprint density at radius 2 is 1.38 bits per heavy atom. The number of benzene rings is 2.